The summed E-state index contributed by atoms with van der Waals surface area (Å²) in [6, 6.07) is 0. The van der Waals surface area contributed by atoms with Crippen LogP contribution in [0.4, 0.5) is 0 Å². The Hall–Kier alpha value is 0.250. The van der Waals surface area contributed by atoms with Crippen LogP contribution < -0.4 is 0 Å². The second-order valence-corrected chi connectivity index (χ2v) is 5.21. The third-order valence-corrected chi connectivity index (χ3v) is 3.33. The maximum absolute atomic E-state index is 5.56. The monoisotopic (exact) mass is 262 g/mol. The molecule has 0 aromatic heterocycles. The Morgan fingerprint density at radius 1 is 0.647 bits per heavy atom. The molecule has 0 fully saturated rings. The Labute approximate surface area is 113 Å². The predicted octanol–water partition coefficient (Wildman–Crippen LogP) is 5.55. The van der Waals surface area contributed by atoms with Gasteiger partial charge in [0.2, 0.25) is 0 Å². The van der Waals surface area contributed by atoms with Crippen LogP contribution in [0.15, 0.2) is 0 Å². The summed E-state index contributed by atoms with van der Waals surface area (Å²) in [5, 5.41) is 0. The molecule has 1 nitrogen and oxygen atoms in total. The van der Waals surface area contributed by atoms with E-state index in [1.807, 2.05) is 0 Å². The van der Waals surface area contributed by atoms with E-state index in [9.17, 15) is 0 Å². The van der Waals surface area contributed by atoms with Gasteiger partial charge in [-0.05, 0) is 12.8 Å². The maximum Gasteiger partial charge on any atom is 0.0477 e. The topological polar surface area (TPSA) is 9.23 Å². The fourth-order valence-corrected chi connectivity index (χ4v) is 2.06. The lowest BCUT2D eigenvalue weighted by Gasteiger charge is -2.03. The first-order valence-corrected chi connectivity index (χ1v) is 8.09. The van der Waals surface area contributed by atoms with E-state index in [1.165, 1.54) is 64.2 Å². The van der Waals surface area contributed by atoms with E-state index >= 15 is 0 Å². The van der Waals surface area contributed by atoms with Gasteiger partial charge in [-0.3, -0.25) is 0 Å². The zero-order valence-electron chi connectivity index (χ0n) is 11.7. The van der Waals surface area contributed by atoms with Gasteiger partial charge in [-0.15, -0.1) is 11.6 Å². The number of halogens is 1. The molecular formula is C15H31ClO. The van der Waals surface area contributed by atoms with Crippen molar-refractivity contribution < 1.29 is 4.74 Å². The minimum atomic E-state index is 0.720. The molecule has 0 heterocycles. The second-order valence-electron chi connectivity index (χ2n) is 4.84. The Balaban J connectivity index is 2.85. The van der Waals surface area contributed by atoms with Crippen molar-refractivity contribution in [2.24, 2.45) is 0 Å². The summed E-state index contributed by atoms with van der Waals surface area (Å²) in [5.74, 6) is 0.720. The molecule has 0 rings (SSSR count). The van der Waals surface area contributed by atoms with Gasteiger partial charge in [-0.1, -0.05) is 64.7 Å². The molecule has 0 aromatic rings. The van der Waals surface area contributed by atoms with Crippen molar-refractivity contribution in [1.82, 2.24) is 0 Å². The summed E-state index contributed by atoms with van der Waals surface area (Å²) < 4.78 is 5.46. The third kappa shape index (κ3) is 16.2. The Kier molecular flexibility index (Phi) is 16.5. The van der Waals surface area contributed by atoms with Crippen molar-refractivity contribution in [2.75, 3.05) is 19.1 Å². The number of alkyl halides is 1. The van der Waals surface area contributed by atoms with E-state index in [4.69, 9.17) is 16.3 Å². The van der Waals surface area contributed by atoms with E-state index < -0.39 is 0 Å². The molecule has 0 saturated heterocycles. The van der Waals surface area contributed by atoms with Crippen LogP contribution in [-0.2, 0) is 4.74 Å². The number of hydrogen-bond donors (Lipinski definition) is 0. The van der Waals surface area contributed by atoms with E-state index in [1.54, 1.807) is 0 Å². The molecule has 104 valence electrons. The summed E-state index contributed by atoms with van der Waals surface area (Å²) in [6.45, 7) is 4.03. The quantitative estimate of drug-likeness (QED) is 0.294. The van der Waals surface area contributed by atoms with Crippen LogP contribution in [0.1, 0.15) is 77.6 Å². The Morgan fingerprint density at radius 3 is 1.65 bits per heavy atom. The highest BCUT2D eigenvalue weighted by molar-refractivity contribution is 6.17. The van der Waals surface area contributed by atoms with Gasteiger partial charge >= 0.3 is 0 Å². The highest BCUT2D eigenvalue weighted by atomic mass is 35.5. The van der Waals surface area contributed by atoms with Crippen LogP contribution in [0.3, 0.4) is 0 Å². The van der Waals surface area contributed by atoms with Crippen molar-refractivity contribution in [3.63, 3.8) is 0 Å². The molecule has 0 aliphatic heterocycles. The largest absolute Gasteiger partial charge is 0.381 e. The second kappa shape index (κ2) is 16.2. The molecule has 2 heteroatoms. The van der Waals surface area contributed by atoms with Crippen LogP contribution in [0, 0.1) is 0 Å². The van der Waals surface area contributed by atoms with Gasteiger partial charge in [0, 0.05) is 19.1 Å². The van der Waals surface area contributed by atoms with Crippen molar-refractivity contribution in [1.29, 1.82) is 0 Å². The Morgan fingerprint density at radius 2 is 1.12 bits per heavy atom. The number of ether oxygens (including phenoxy) is 1. The zero-order valence-corrected chi connectivity index (χ0v) is 12.4. The van der Waals surface area contributed by atoms with Crippen LogP contribution in [-0.4, -0.2) is 19.1 Å². The van der Waals surface area contributed by atoms with E-state index in [0.29, 0.717) is 0 Å². The Bertz CT molecular complexity index is 114. The lowest BCUT2D eigenvalue weighted by molar-refractivity contribution is 0.131. The van der Waals surface area contributed by atoms with Crippen LogP contribution >= 0.6 is 11.6 Å². The van der Waals surface area contributed by atoms with Crippen molar-refractivity contribution in [3.8, 4) is 0 Å². The van der Waals surface area contributed by atoms with Gasteiger partial charge in [-0.2, -0.15) is 0 Å². The van der Waals surface area contributed by atoms with Gasteiger partial charge in [0.1, 0.15) is 0 Å². The van der Waals surface area contributed by atoms with Crippen molar-refractivity contribution in [3.05, 3.63) is 0 Å². The first kappa shape index (κ1) is 17.2. The number of rotatable bonds is 14. The average Bonchev–Trinajstić information content (AvgIpc) is 2.35. The van der Waals surface area contributed by atoms with E-state index in [2.05, 4.69) is 6.92 Å². The minimum Gasteiger partial charge on any atom is -0.381 e. The summed E-state index contributed by atoms with van der Waals surface area (Å²) in [4.78, 5) is 0. The van der Waals surface area contributed by atoms with Crippen LogP contribution in [0.25, 0.3) is 0 Å². The predicted molar refractivity (Wildman–Crippen MR) is 78.0 cm³/mol. The summed E-state index contributed by atoms with van der Waals surface area (Å²) >= 11 is 5.56. The van der Waals surface area contributed by atoms with E-state index in [-0.39, 0.29) is 0 Å². The van der Waals surface area contributed by atoms with Crippen molar-refractivity contribution in [2.45, 2.75) is 77.6 Å². The molecule has 0 aliphatic carbocycles. The van der Waals surface area contributed by atoms with Gasteiger partial charge in [0.05, 0.1) is 0 Å². The molecule has 0 N–H and O–H groups in total. The number of unbranched alkanes of at least 4 members (excludes halogenated alkanes) is 9. The van der Waals surface area contributed by atoms with E-state index in [0.717, 1.165) is 25.5 Å². The lowest BCUT2D eigenvalue weighted by Crippen LogP contribution is -1.97. The highest BCUT2D eigenvalue weighted by Crippen LogP contribution is 2.10. The fraction of sp³-hybridized carbons (Fsp3) is 1.00. The molecule has 0 unspecified atom stereocenters. The molecule has 0 saturated carbocycles. The normalized spacial score (nSPS) is 10.9. The molecule has 0 amide bonds. The summed E-state index contributed by atoms with van der Waals surface area (Å²) in [5.41, 5.74) is 0. The first-order chi connectivity index (χ1) is 8.41. The highest BCUT2D eigenvalue weighted by Gasteiger charge is 1.93. The SMILES string of the molecule is CCCCCCCCCCCCOCCCCl. The van der Waals surface area contributed by atoms with Crippen molar-refractivity contribution >= 4 is 11.6 Å². The molecular weight excluding hydrogens is 232 g/mol. The molecule has 0 aromatic carbocycles. The minimum absolute atomic E-state index is 0.720. The standard InChI is InChI=1S/C15H31ClO/c1-2-3-4-5-6-7-8-9-10-11-14-17-15-12-13-16/h2-15H2,1H3. The van der Waals surface area contributed by atoms with Crippen LogP contribution in [0.2, 0.25) is 0 Å². The lowest BCUT2D eigenvalue weighted by atomic mass is 10.1. The molecule has 0 bridgehead atoms. The zero-order chi connectivity index (χ0) is 12.6. The summed E-state index contributed by atoms with van der Waals surface area (Å²) in [7, 11) is 0. The average molecular weight is 263 g/mol. The molecule has 0 atom stereocenters. The van der Waals surface area contributed by atoms with Gasteiger partial charge in [0.25, 0.3) is 0 Å². The molecule has 0 radical (unpaired) electrons. The molecule has 0 spiro atoms. The van der Waals surface area contributed by atoms with Gasteiger partial charge in [0.15, 0.2) is 0 Å². The molecule has 17 heavy (non-hydrogen) atoms. The number of hydrogen-bond acceptors (Lipinski definition) is 1. The van der Waals surface area contributed by atoms with Crippen LogP contribution in [0.5, 0.6) is 0 Å². The van der Waals surface area contributed by atoms with Gasteiger partial charge in [-0.25, -0.2) is 0 Å². The summed E-state index contributed by atoms with van der Waals surface area (Å²) in [6.07, 6.45) is 14.8. The third-order valence-electron chi connectivity index (χ3n) is 3.06. The maximum atomic E-state index is 5.56. The smallest absolute Gasteiger partial charge is 0.0477 e. The first-order valence-electron chi connectivity index (χ1n) is 7.55. The fourth-order valence-electron chi connectivity index (χ4n) is 1.95. The molecule has 0 aliphatic rings. The van der Waals surface area contributed by atoms with Gasteiger partial charge < -0.3 is 4.74 Å².